The van der Waals surface area contributed by atoms with Crippen molar-refractivity contribution in [1.82, 2.24) is 14.9 Å². The van der Waals surface area contributed by atoms with Crippen molar-refractivity contribution in [2.45, 2.75) is 32.7 Å². The van der Waals surface area contributed by atoms with Gasteiger partial charge < -0.3 is 15.5 Å². The molecule has 2 amide bonds. The Labute approximate surface area is 169 Å². The Bertz CT molecular complexity index is 833. The zero-order chi connectivity index (χ0) is 20.1. The van der Waals surface area contributed by atoms with E-state index in [9.17, 15) is 9.59 Å². The molecule has 0 atom stereocenters. The standard InChI is InChI=1S/C20H24ClN5O2/c1-13(2)26-9-6-14(7-10-26)19(27)24-17-5-8-22-12-16(17)20(28)25-18-4-3-15(21)11-23-18/h3-5,8,11-14H,6-7,9-10H2,1-2H3,(H,22,24,27)(H,23,25,28). The maximum Gasteiger partial charge on any atom is 0.260 e. The number of hydrogen-bond acceptors (Lipinski definition) is 5. The third kappa shape index (κ3) is 5.05. The molecule has 3 heterocycles. The third-order valence-corrected chi connectivity index (χ3v) is 5.15. The second-order valence-corrected chi connectivity index (χ2v) is 7.57. The van der Waals surface area contributed by atoms with E-state index in [4.69, 9.17) is 11.6 Å². The Morgan fingerprint density at radius 1 is 1.14 bits per heavy atom. The molecule has 1 aliphatic heterocycles. The largest absolute Gasteiger partial charge is 0.325 e. The number of hydrogen-bond donors (Lipinski definition) is 2. The van der Waals surface area contributed by atoms with E-state index < -0.39 is 5.91 Å². The molecule has 0 aliphatic carbocycles. The van der Waals surface area contributed by atoms with Gasteiger partial charge >= 0.3 is 0 Å². The second-order valence-electron chi connectivity index (χ2n) is 7.13. The molecular weight excluding hydrogens is 378 g/mol. The summed E-state index contributed by atoms with van der Waals surface area (Å²) >= 11 is 5.81. The van der Waals surface area contributed by atoms with Crippen molar-refractivity contribution in [3.63, 3.8) is 0 Å². The molecule has 0 spiro atoms. The van der Waals surface area contributed by atoms with Gasteiger partial charge in [-0.3, -0.25) is 14.6 Å². The number of aromatic nitrogens is 2. The van der Waals surface area contributed by atoms with E-state index in [0.29, 0.717) is 22.6 Å². The number of nitrogens with zero attached hydrogens (tertiary/aromatic N) is 3. The van der Waals surface area contributed by atoms with Crippen molar-refractivity contribution < 1.29 is 9.59 Å². The van der Waals surface area contributed by atoms with Crippen molar-refractivity contribution in [2.75, 3.05) is 23.7 Å². The maximum absolute atomic E-state index is 12.7. The summed E-state index contributed by atoms with van der Waals surface area (Å²) in [5.74, 6) is -0.144. The van der Waals surface area contributed by atoms with Gasteiger partial charge in [0, 0.05) is 30.6 Å². The lowest BCUT2D eigenvalue weighted by molar-refractivity contribution is -0.121. The van der Waals surface area contributed by atoms with E-state index in [0.717, 1.165) is 25.9 Å². The molecule has 3 rings (SSSR count). The second kappa shape index (κ2) is 9.12. The number of rotatable bonds is 5. The van der Waals surface area contributed by atoms with E-state index in [1.807, 2.05) is 0 Å². The van der Waals surface area contributed by atoms with Gasteiger partial charge in [0.2, 0.25) is 5.91 Å². The van der Waals surface area contributed by atoms with Gasteiger partial charge in [-0.1, -0.05) is 11.6 Å². The number of piperidine rings is 1. The zero-order valence-electron chi connectivity index (χ0n) is 16.0. The summed E-state index contributed by atoms with van der Waals surface area (Å²) < 4.78 is 0. The predicted octanol–water partition coefficient (Wildman–Crippen LogP) is 3.44. The van der Waals surface area contributed by atoms with Crippen molar-refractivity contribution in [1.29, 1.82) is 0 Å². The molecule has 0 aromatic carbocycles. The highest BCUT2D eigenvalue weighted by Gasteiger charge is 2.27. The van der Waals surface area contributed by atoms with Gasteiger partial charge in [0.25, 0.3) is 5.91 Å². The van der Waals surface area contributed by atoms with Crippen LogP contribution in [0.25, 0.3) is 0 Å². The molecule has 2 N–H and O–H groups in total. The van der Waals surface area contributed by atoms with E-state index in [-0.39, 0.29) is 17.4 Å². The van der Waals surface area contributed by atoms with Crippen LogP contribution in [0.5, 0.6) is 0 Å². The van der Waals surface area contributed by atoms with E-state index in [2.05, 4.69) is 39.3 Å². The van der Waals surface area contributed by atoms with Gasteiger partial charge in [0.1, 0.15) is 5.82 Å². The molecule has 148 valence electrons. The number of pyridine rings is 2. The normalized spacial score (nSPS) is 15.4. The fourth-order valence-corrected chi connectivity index (χ4v) is 3.34. The first-order valence-corrected chi connectivity index (χ1v) is 9.73. The summed E-state index contributed by atoms with van der Waals surface area (Å²) in [6, 6.07) is 5.36. The lowest BCUT2D eigenvalue weighted by atomic mass is 9.95. The SMILES string of the molecule is CC(C)N1CCC(C(=O)Nc2ccncc2C(=O)Nc2ccc(Cl)cn2)CC1. The molecule has 7 nitrogen and oxygen atoms in total. The van der Waals surface area contributed by atoms with Crippen LogP contribution in [0.15, 0.2) is 36.8 Å². The van der Waals surface area contributed by atoms with Crippen LogP contribution in [0, 0.1) is 5.92 Å². The van der Waals surface area contributed by atoms with Crippen molar-refractivity contribution >= 4 is 34.9 Å². The van der Waals surface area contributed by atoms with Crippen LogP contribution < -0.4 is 10.6 Å². The summed E-state index contributed by atoms with van der Waals surface area (Å²) in [5.41, 5.74) is 0.727. The highest BCUT2D eigenvalue weighted by atomic mass is 35.5. The summed E-state index contributed by atoms with van der Waals surface area (Å²) in [5, 5.41) is 6.07. The van der Waals surface area contributed by atoms with E-state index >= 15 is 0 Å². The topological polar surface area (TPSA) is 87.2 Å². The predicted molar refractivity (Wildman–Crippen MR) is 109 cm³/mol. The van der Waals surface area contributed by atoms with Crippen molar-refractivity contribution in [3.05, 3.63) is 47.4 Å². The maximum atomic E-state index is 12.7. The molecule has 2 aromatic rings. The minimum absolute atomic E-state index is 0.0583. The Morgan fingerprint density at radius 2 is 1.89 bits per heavy atom. The van der Waals surface area contributed by atoms with E-state index in [1.54, 1.807) is 24.4 Å². The van der Waals surface area contributed by atoms with Gasteiger partial charge in [-0.05, 0) is 58.0 Å². The fraction of sp³-hybridized carbons (Fsp3) is 0.400. The quantitative estimate of drug-likeness (QED) is 0.801. The highest BCUT2D eigenvalue weighted by molar-refractivity contribution is 6.30. The third-order valence-electron chi connectivity index (χ3n) is 4.92. The average molecular weight is 402 g/mol. The van der Waals surface area contributed by atoms with Crippen LogP contribution in [-0.2, 0) is 4.79 Å². The molecule has 28 heavy (non-hydrogen) atoms. The minimum atomic E-state index is -0.396. The van der Waals surface area contributed by atoms with Crippen LogP contribution in [0.1, 0.15) is 37.0 Å². The van der Waals surface area contributed by atoms with Gasteiger partial charge in [-0.15, -0.1) is 0 Å². The molecule has 8 heteroatoms. The molecule has 1 aliphatic rings. The number of halogens is 1. The Kier molecular flexibility index (Phi) is 6.59. The average Bonchev–Trinajstić information content (AvgIpc) is 2.70. The number of anilines is 2. The first-order valence-electron chi connectivity index (χ1n) is 9.36. The van der Waals surface area contributed by atoms with Gasteiger partial charge in [-0.2, -0.15) is 0 Å². The van der Waals surface area contributed by atoms with Gasteiger partial charge in [-0.25, -0.2) is 4.98 Å². The number of carbonyl (C=O) groups is 2. The number of amides is 2. The molecule has 0 saturated carbocycles. The molecule has 2 aromatic heterocycles. The molecule has 0 unspecified atom stereocenters. The Hall–Kier alpha value is -2.51. The summed E-state index contributed by atoms with van der Waals surface area (Å²) in [7, 11) is 0. The van der Waals surface area contributed by atoms with Crippen molar-refractivity contribution in [3.8, 4) is 0 Å². The van der Waals surface area contributed by atoms with Gasteiger partial charge in [0.05, 0.1) is 16.3 Å². The zero-order valence-corrected chi connectivity index (χ0v) is 16.7. The Morgan fingerprint density at radius 3 is 2.54 bits per heavy atom. The number of carbonyl (C=O) groups excluding carboxylic acids is 2. The molecule has 1 saturated heterocycles. The van der Waals surface area contributed by atoms with Gasteiger partial charge in [0.15, 0.2) is 0 Å². The molecule has 0 bridgehead atoms. The first kappa shape index (κ1) is 20.2. The minimum Gasteiger partial charge on any atom is -0.325 e. The van der Waals surface area contributed by atoms with Crippen LogP contribution >= 0.6 is 11.6 Å². The van der Waals surface area contributed by atoms with Crippen LogP contribution in [0.3, 0.4) is 0 Å². The summed E-state index contributed by atoms with van der Waals surface area (Å²) in [6.07, 6.45) is 6.06. The number of nitrogens with one attached hydrogen (secondary N) is 2. The van der Waals surface area contributed by atoms with Crippen molar-refractivity contribution in [2.24, 2.45) is 5.92 Å². The van der Waals surface area contributed by atoms with E-state index in [1.165, 1.54) is 12.4 Å². The van der Waals surface area contributed by atoms with Crippen LogP contribution in [0.4, 0.5) is 11.5 Å². The highest BCUT2D eigenvalue weighted by Crippen LogP contribution is 2.22. The smallest absolute Gasteiger partial charge is 0.260 e. The fourth-order valence-electron chi connectivity index (χ4n) is 3.23. The Balaban J connectivity index is 1.66. The number of likely N-dealkylation sites (tertiary alicyclic amines) is 1. The van der Waals surface area contributed by atoms with Crippen LogP contribution in [-0.4, -0.2) is 45.8 Å². The molecule has 0 radical (unpaired) electrons. The lowest BCUT2D eigenvalue weighted by Gasteiger charge is -2.34. The monoisotopic (exact) mass is 401 g/mol. The summed E-state index contributed by atoms with van der Waals surface area (Å²) in [6.45, 7) is 6.14. The first-order chi connectivity index (χ1) is 13.4. The van der Waals surface area contributed by atoms with Crippen LogP contribution in [0.2, 0.25) is 5.02 Å². The molecular formula is C20H24ClN5O2. The lowest BCUT2D eigenvalue weighted by Crippen LogP contribution is -2.41. The molecule has 1 fully saturated rings. The summed E-state index contributed by atoms with van der Waals surface area (Å²) in [4.78, 5) is 35.8.